The maximum Gasteiger partial charge on any atom is 0.228 e. The predicted octanol–water partition coefficient (Wildman–Crippen LogP) is 1.55. The lowest BCUT2D eigenvalue weighted by Crippen LogP contribution is -2.43. The minimum absolute atomic E-state index is 0.0957. The van der Waals surface area contributed by atoms with Crippen LogP contribution < -0.4 is 10.6 Å². The van der Waals surface area contributed by atoms with E-state index in [1.165, 1.54) is 0 Å². The van der Waals surface area contributed by atoms with Crippen molar-refractivity contribution in [3.63, 3.8) is 0 Å². The second-order valence-electron chi connectivity index (χ2n) is 5.06. The summed E-state index contributed by atoms with van der Waals surface area (Å²) in [6.07, 6.45) is 3.42. The molecule has 1 saturated heterocycles. The van der Waals surface area contributed by atoms with Gasteiger partial charge in [0.1, 0.15) is 11.8 Å². The second kappa shape index (κ2) is 5.10. The van der Waals surface area contributed by atoms with Crippen LogP contribution in [0.3, 0.4) is 0 Å². The van der Waals surface area contributed by atoms with E-state index >= 15 is 0 Å². The van der Waals surface area contributed by atoms with E-state index in [0.29, 0.717) is 5.89 Å². The molecule has 5 nitrogen and oxygen atoms in total. The molecule has 2 atom stereocenters. The Morgan fingerprint density at radius 3 is 3.00 bits per heavy atom. The van der Waals surface area contributed by atoms with Crippen molar-refractivity contribution in [2.45, 2.75) is 39.7 Å². The minimum atomic E-state index is -0.268. The number of nitrogens with one attached hydrogen (secondary N) is 2. The monoisotopic (exact) mass is 251 g/mol. The van der Waals surface area contributed by atoms with Crippen LogP contribution in [0, 0.1) is 12.3 Å². The van der Waals surface area contributed by atoms with Gasteiger partial charge in [-0.05, 0) is 33.2 Å². The van der Waals surface area contributed by atoms with Gasteiger partial charge in [-0.15, -0.1) is 0 Å². The van der Waals surface area contributed by atoms with Gasteiger partial charge in [0.2, 0.25) is 11.8 Å². The lowest BCUT2D eigenvalue weighted by Gasteiger charge is -2.26. The van der Waals surface area contributed by atoms with Gasteiger partial charge in [0.25, 0.3) is 0 Å². The van der Waals surface area contributed by atoms with Gasteiger partial charge in [-0.2, -0.15) is 0 Å². The standard InChI is InChI=1S/C13H21N3O2/c1-4-13(5-6-14-8-13)12(17)16-10(3)11-15-7-9(2)18-11/h7,10,14H,4-6,8H2,1-3H3,(H,16,17). The minimum Gasteiger partial charge on any atom is -0.444 e. The van der Waals surface area contributed by atoms with Gasteiger partial charge in [-0.1, -0.05) is 6.92 Å². The van der Waals surface area contributed by atoms with Crippen LogP contribution in [0.15, 0.2) is 10.6 Å². The van der Waals surface area contributed by atoms with E-state index in [-0.39, 0.29) is 17.4 Å². The Morgan fingerprint density at radius 2 is 2.50 bits per heavy atom. The quantitative estimate of drug-likeness (QED) is 0.852. The highest BCUT2D eigenvalue weighted by Crippen LogP contribution is 2.30. The topological polar surface area (TPSA) is 67.2 Å². The fourth-order valence-electron chi connectivity index (χ4n) is 2.38. The highest BCUT2D eigenvalue weighted by atomic mass is 16.4. The summed E-state index contributed by atoms with van der Waals surface area (Å²) in [6.45, 7) is 7.47. The lowest BCUT2D eigenvalue weighted by atomic mass is 9.83. The summed E-state index contributed by atoms with van der Waals surface area (Å²) < 4.78 is 5.43. The molecular formula is C13H21N3O2. The van der Waals surface area contributed by atoms with Crippen LogP contribution in [0.5, 0.6) is 0 Å². The fraction of sp³-hybridized carbons (Fsp3) is 0.692. The van der Waals surface area contributed by atoms with Crippen molar-refractivity contribution in [2.24, 2.45) is 5.41 Å². The number of aromatic nitrogens is 1. The molecule has 0 spiro atoms. The normalized spacial score (nSPS) is 25.1. The average molecular weight is 251 g/mol. The molecule has 18 heavy (non-hydrogen) atoms. The summed E-state index contributed by atoms with van der Waals surface area (Å²) in [6, 6.07) is -0.185. The summed E-state index contributed by atoms with van der Waals surface area (Å²) in [5.41, 5.74) is -0.268. The zero-order valence-corrected chi connectivity index (χ0v) is 11.2. The zero-order valence-electron chi connectivity index (χ0n) is 11.2. The Bertz CT molecular complexity index is 422. The molecule has 0 radical (unpaired) electrons. The summed E-state index contributed by atoms with van der Waals surface area (Å²) in [5, 5.41) is 6.27. The summed E-state index contributed by atoms with van der Waals surface area (Å²) in [4.78, 5) is 16.5. The van der Waals surface area contributed by atoms with Crippen molar-refractivity contribution in [3.05, 3.63) is 17.8 Å². The van der Waals surface area contributed by atoms with Gasteiger partial charge in [0.15, 0.2) is 0 Å². The number of oxazole rings is 1. The molecule has 2 N–H and O–H groups in total. The molecule has 1 amide bonds. The molecule has 1 aliphatic rings. The fourth-order valence-corrected chi connectivity index (χ4v) is 2.38. The number of amides is 1. The molecule has 0 bridgehead atoms. The van der Waals surface area contributed by atoms with E-state index in [1.54, 1.807) is 6.20 Å². The third-order valence-electron chi connectivity index (χ3n) is 3.76. The van der Waals surface area contributed by atoms with E-state index in [1.807, 2.05) is 13.8 Å². The van der Waals surface area contributed by atoms with E-state index in [0.717, 1.165) is 31.7 Å². The first-order valence-corrected chi connectivity index (χ1v) is 6.51. The van der Waals surface area contributed by atoms with E-state index in [9.17, 15) is 4.79 Å². The highest BCUT2D eigenvalue weighted by Gasteiger charge is 2.40. The van der Waals surface area contributed by atoms with E-state index < -0.39 is 0 Å². The first-order chi connectivity index (χ1) is 8.57. The van der Waals surface area contributed by atoms with Crippen LogP contribution in [0.2, 0.25) is 0 Å². The lowest BCUT2D eigenvalue weighted by molar-refractivity contribution is -0.131. The Morgan fingerprint density at radius 1 is 1.72 bits per heavy atom. The Hall–Kier alpha value is -1.36. The van der Waals surface area contributed by atoms with Crippen LogP contribution in [-0.2, 0) is 4.79 Å². The number of rotatable bonds is 4. The van der Waals surface area contributed by atoms with Gasteiger partial charge in [0, 0.05) is 6.54 Å². The molecule has 2 heterocycles. The maximum absolute atomic E-state index is 12.4. The molecule has 0 aromatic carbocycles. The Balaban J connectivity index is 2.02. The predicted molar refractivity (Wildman–Crippen MR) is 68.0 cm³/mol. The number of hydrogen-bond acceptors (Lipinski definition) is 4. The SMILES string of the molecule is CCC1(C(=O)NC(C)c2ncc(C)o2)CCNC1. The molecular weight excluding hydrogens is 230 g/mol. The summed E-state index contributed by atoms with van der Waals surface area (Å²) in [5.74, 6) is 1.43. The van der Waals surface area contributed by atoms with Crippen molar-refractivity contribution >= 4 is 5.91 Å². The molecule has 100 valence electrons. The average Bonchev–Trinajstić information content (AvgIpc) is 2.97. The van der Waals surface area contributed by atoms with Crippen LogP contribution in [0.1, 0.15) is 44.4 Å². The Labute approximate surface area is 107 Å². The number of aryl methyl sites for hydroxylation is 1. The molecule has 2 rings (SSSR count). The smallest absolute Gasteiger partial charge is 0.228 e. The van der Waals surface area contributed by atoms with Gasteiger partial charge in [-0.25, -0.2) is 4.98 Å². The van der Waals surface area contributed by atoms with E-state index in [2.05, 4.69) is 22.5 Å². The Kier molecular flexibility index (Phi) is 3.71. The molecule has 2 unspecified atom stereocenters. The van der Waals surface area contributed by atoms with Crippen LogP contribution >= 0.6 is 0 Å². The van der Waals surface area contributed by atoms with Crippen molar-refractivity contribution in [1.29, 1.82) is 0 Å². The van der Waals surface area contributed by atoms with Crippen molar-refractivity contribution in [1.82, 2.24) is 15.6 Å². The van der Waals surface area contributed by atoms with Gasteiger partial charge in [-0.3, -0.25) is 4.79 Å². The van der Waals surface area contributed by atoms with E-state index in [4.69, 9.17) is 4.42 Å². The number of hydrogen-bond donors (Lipinski definition) is 2. The molecule has 5 heteroatoms. The zero-order chi connectivity index (χ0) is 13.2. The van der Waals surface area contributed by atoms with Crippen molar-refractivity contribution in [3.8, 4) is 0 Å². The summed E-state index contributed by atoms with van der Waals surface area (Å²) >= 11 is 0. The molecule has 1 fully saturated rings. The van der Waals surface area contributed by atoms with Crippen LogP contribution in [-0.4, -0.2) is 24.0 Å². The molecule has 1 aliphatic heterocycles. The van der Waals surface area contributed by atoms with Crippen LogP contribution in [0.25, 0.3) is 0 Å². The van der Waals surface area contributed by atoms with Crippen molar-refractivity contribution < 1.29 is 9.21 Å². The second-order valence-corrected chi connectivity index (χ2v) is 5.06. The first kappa shape index (κ1) is 13.1. The molecule has 1 aromatic rings. The van der Waals surface area contributed by atoms with Gasteiger partial charge < -0.3 is 15.1 Å². The molecule has 1 aromatic heterocycles. The van der Waals surface area contributed by atoms with Crippen LogP contribution in [0.4, 0.5) is 0 Å². The molecule has 0 saturated carbocycles. The number of carbonyl (C=O) groups excluding carboxylic acids is 1. The molecule has 0 aliphatic carbocycles. The highest BCUT2D eigenvalue weighted by molar-refractivity contribution is 5.83. The summed E-state index contributed by atoms with van der Waals surface area (Å²) in [7, 11) is 0. The number of nitrogens with zero attached hydrogens (tertiary/aromatic N) is 1. The van der Waals surface area contributed by atoms with Gasteiger partial charge >= 0.3 is 0 Å². The first-order valence-electron chi connectivity index (χ1n) is 6.51. The number of carbonyl (C=O) groups is 1. The third kappa shape index (κ3) is 2.41. The largest absolute Gasteiger partial charge is 0.444 e. The van der Waals surface area contributed by atoms with Crippen molar-refractivity contribution in [2.75, 3.05) is 13.1 Å². The maximum atomic E-state index is 12.4. The third-order valence-corrected chi connectivity index (χ3v) is 3.76. The van der Waals surface area contributed by atoms with Gasteiger partial charge in [0.05, 0.1) is 11.6 Å².